The number of carbonyl (C=O) groups excluding carboxylic acids is 3. The minimum Gasteiger partial charge on any atom is -0.359 e. The number of carbonyl (C=O) groups is 3. The fourth-order valence-electron chi connectivity index (χ4n) is 5.22. The SMILES string of the molecule is CNC(=O)C1CCC(N)(C(=O)c2cc3cc(F)ccc3[nH]2)C(NC(=O)c2nc3c(s2)CN(C)CC3)C1.Cl. The molecule has 37 heavy (non-hydrogen) atoms. The second-order valence-electron chi connectivity index (χ2n) is 9.77. The Balaban J connectivity index is 0.00000320. The number of aromatic amines is 1. The molecule has 0 radical (unpaired) electrons. The molecule has 0 saturated heterocycles. The number of rotatable bonds is 5. The molecule has 3 unspecified atom stereocenters. The van der Waals surface area contributed by atoms with Crippen molar-refractivity contribution in [2.45, 2.75) is 43.8 Å². The first-order valence-corrected chi connectivity index (χ1v) is 12.8. The molecule has 3 aromatic rings. The zero-order valence-corrected chi connectivity index (χ0v) is 22.2. The molecule has 0 bridgehead atoms. The van der Waals surface area contributed by atoms with Gasteiger partial charge in [0.2, 0.25) is 11.7 Å². The van der Waals surface area contributed by atoms with E-state index in [4.69, 9.17) is 5.73 Å². The van der Waals surface area contributed by atoms with Crippen molar-refractivity contribution in [2.75, 3.05) is 20.6 Å². The molecule has 2 amide bonds. The van der Waals surface area contributed by atoms with E-state index in [1.807, 2.05) is 7.05 Å². The Morgan fingerprint density at radius 3 is 2.84 bits per heavy atom. The van der Waals surface area contributed by atoms with Gasteiger partial charge in [-0.25, -0.2) is 9.37 Å². The number of thiazole rings is 1. The summed E-state index contributed by atoms with van der Waals surface area (Å²) in [5.74, 6) is -1.74. The number of amides is 2. The summed E-state index contributed by atoms with van der Waals surface area (Å²) in [6.45, 7) is 1.62. The van der Waals surface area contributed by atoms with Gasteiger partial charge < -0.3 is 26.3 Å². The van der Waals surface area contributed by atoms with Gasteiger partial charge in [0.15, 0.2) is 5.01 Å². The number of hydrogen-bond donors (Lipinski definition) is 4. The standard InChI is InChI=1S/C25H29FN6O3S.ClH/c1-28-22(34)13-5-7-25(27,21(33)18-10-14-9-15(26)3-4-16(14)29-18)20(11-13)31-23(35)24-30-17-6-8-32(2)12-19(17)36-24;/h3-4,9-10,13,20,29H,5-8,11-12,27H2,1-2H3,(H,28,34)(H,31,35);1H. The fourth-order valence-corrected chi connectivity index (χ4v) is 6.31. The molecule has 1 aromatic carbocycles. The summed E-state index contributed by atoms with van der Waals surface area (Å²) in [5.41, 5.74) is 7.09. The monoisotopic (exact) mass is 548 g/mol. The molecule has 12 heteroatoms. The number of Topliss-reactive ketones (excluding diaryl/α,β-unsaturated/α-hetero) is 1. The van der Waals surface area contributed by atoms with Crippen molar-refractivity contribution in [1.82, 2.24) is 25.5 Å². The lowest BCUT2D eigenvalue weighted by molar-refractivity contribution is -0.126. The van der Waals surface area contributed by atoms with Crippen molar-refractivity contribution in [3.8, 4) is 0 Å². The number of fused-ring (bicyclic) bond motifs is 2. The molecule has 3 atom stereocenters. The van der Waals surface area contributed by atoms with Crippen molar-refractivity contribution in [1.29, 1.82) is 0 Å². The highest BCUT2D eigenvalue weighted by Gasteiger charge is 2.49. The second-order valence-corrected chi connectivity index (χ2v) is 10.9. The maximum atomic E-state index is 13.7. The third kappa shape index (κ3) is 5.13. The van der Waals surface area contributed by atoms with Crippen molar-refractivity contribution in [2.24, 2.45) is 11.7 Å². The van der Waals surface area contributed by atoms with Crippen LogP contribution in [0.15, 0.2) is 24.3 Å². The topological polar surface area (TPSA) is 133 Å². The number of halogens is 2. The van der Waals surface area contributed by atoms with Crippen LogP contribution in [-0.2, 0) is 17.8 Å². The number of likely N-dealkylation sites (N-methyl/N-ethyl adjacent to an activating group) is 1. The van der Waals surface area contributed by atoms with Crippen molar-refractivity contribution in [3.05, 3.63) is 51.4 Å². The third-order valence-electron chi connectivity index (χ3n) is 7.34. The van der Waals surface area contributed by atoms with Gasteiger partial charge in [-0.15, -0.1) is 23.7 Å². The van der Waals surface area contributed by atoms with Gasteiger partial charge >= 0.3 is 0 Å². The number of aromatic nitrogens is 2. The van der Waals surface area contributed by atoms with Crippen LogP contribution in [0.5, 0.6) is 0 Å². The van der Waals surface area contributed by atoms with E-state index in [9.17, 15) is 18.8 Å². The molecule has 2 aromatic heterocycles. The highest BCUT2D eigenvalue weighted by molar-refractivity contribution is 7.13. The van der Waals surface area contributed by atoms with E-state index in [1.165, 1.54) is 23.5 Å². The molecule has 1 saturated carbocycles. The molecule has 2 aliphatic rings. The summed E-state index contributed by atoms with van der Waals surface area (Å²) in [6, 6.07) is 5.00. The lowest BCUT2D eigenvalue weighted by Crippen LogP contribution is -2.66. The van der Waals surface area contributed by atoms with E-state index in [0.29, 0.717) is 22.3 Å². The van der Waals surface area contributed by atoms with E-state index >= 15 is 0 Å². The number of nitrogens with one attached hydrogen (secondary N) is 3. The molecule has 1 aliphatic carbocycles. The Kier molecular flexibility index (Phi) is 7.70. The lowest BCUT2D eigenvalue weighted by atomic mass is 9.70. The smallest absolute Gasteiger partial charge is 0.280 e. The molecule has 1 fully saturated rings. The predicted molar refractivity (Wildman–Crippen MR) is 142 cm³/mol. The van der Waals surface area contributed by atoms with Crippen LogP contribution in [-0.4, -0.2) is 64.7 Å². The van der Waals surface area contributed by atoms with E-state index in [2.05, 4.69) is 25.5 Å². The van der Waals surface area contributed by atoms with Crippen molar-refractivity contribution < 1.29 is 18.8 Å². The Hall–Kier alpha value is -2.86. The van der Waals surface area contributed by atoms with Gasteiger partial charge in [0.25, 0.3) is 5.91 Å². The second kappa shape index (κ2) is 10.5. The van der Waals surface area contributed by atoms with E-state index in [-0.39, 0.29) is 48.6 Å². The minimum absolute atomic E-state index is 0. The lowest BCUT2D eigenvalue weighted by Gasteiger charge is -2.42. The van der Waals surface area contributed by atoms with Gasteiger partial charge in [-0.2, -0.15) is 0 Å². The molecular weight excluding hydrogens is 519 g/mol. The molecule has 5 N–H and O–H groups in total. The summed E-state index contributed by atoms with van der Waals surface area (Å²) in [4.78, 5) is 50.2. The molecule has 3 heterocycles. The van der Waals surface area contributed by atoms with Crippen LogP contribution in [0.3, 0.4) is 0 Å². The van der Waals surface area contributed by atoms with Crippen molar-refractivity contribution >= 4 is 52.2 Å². The molecule has 5 rings (SSSR count). The Morgan fingerprint density at radius 1 is 1.30 bits per heavy atom. The van der Waals surface area contributed by atoms with Gasteiger partial charge in [0, 0.05) is 48.3 Å². The van der Waals surface area contributed by atoms with Gasteiger partial charge in [-0.05, 0) is 50.6 Å². The normalized spacial score (nSPS) is 23.7. The first-order chi connectivity index (χ1) is 17.2. The van der Waals surface area contributed by atoms with Crippen LogP contribution >= 0.6 is 23.7 Å². The average Bonchev–Trinajstić information content (AvgIpc) is 3.47. The summed E-state index contributed by atoms with van der Waals surface area (Å²) >= 11 is 1.35. The number of H-pyrrole nitrogens is 1. The Morgan fingerprint density at radius 2 is 2.08 bits per heavy atom. The van der Waals surface area contributed by atoms with Crippen molar-refractivity contribution in [3.63, 3.8) is 0 Å². The van der Waals surface area contributed by atoms with Crippen LogP contribution in [0.4, 0.5) is 4.39 Å². The Bertz CT molecular complexity index is 1360. The van der Waals surface area contributed by atoms with Crippen LogP contribution in [0.2, 0.25) is 0 Å². The molecule has 0 spiro atoms. The zero-order valence-electron chi connectivity index (χ0n) is 20.6. The van der Waals surface area contributed by atoms with E-state index in [0.717, 1.165) is 30.1 Å². The molecule has 9 nitrogen and oxygen atoms in total. The van der Waals surface area contributed by atoms with Gasteiger partial charge in [0.1, 0.15) is 11.4 Å². The molecule has 1 aliphatic heterocycles. The Labute approximate surface area is 223 Å². The van der Waals surface area contributed by atoms with Crippen LogP contribution < -0.4 is 16.4 Å². The number of ketones is 1. The molecule has 198 valence electrons. The van der Waals surface area contributed by atoms with Gasteiger partial charge in [-0.1, -0.05) is 0 Å². The first-order valence-electron chi connectivity index (χ1n) is 12.0. The highest BCUT2D eigenvalue weighted by atomic mass is 35.5. The largest absolute Gasteiger partial charge is 0.359 e. The van der Waals surface area contributed by atoms with Gasteiger partial charge in [0.05, 0.1) is 17.4 Å². The van der Waals surface area contributed by atoms with E-state index < -0.39 is 23.3 Å². The maximum absolute atomic E-state index is 13.7. The number of nitrogens with zero attached hydrogens (tertiary/aromatic N) is 2. The number of hydrogen-bond acceptors (Lipinski definition) is 7. The number of benzene rings is 1. The zero-order chi connectivity index (χ0) is 25.6. The highest BCUT2D eigenvalue weighted by Crippen LogP contribution is 2.35. The van der Waals surface area contributed by atoms with Crippen LogP contribution in [0, 0.1) is 11.7 Å². The van der Waals surface area contributed by atoms with E-state index in [1.54, 1.807) is 19.2 Å². The maximum Gasteiger partial charge on any atom is 0.280 e. The first kappa shape index (κ1) is 27.2. The quantitative estimate of drug-likeness (QED) is 0.362. The number of nitrogens with two attached hydrogens (primary N) is 1. The third-order valence-corrected chi connectivity index (χ3v) is 8.42. The summed E-state index contributed by atoms with van der Waals surface area (Å²) in [6.07, 6.45) is 1.60. The summed E-state index contributed by atoms with van der Waals surface area (Å²) < 4.78 is 13.7. The summed E-state index contributed by atoms with van der Waals surface area (Å²) in [5, 5.41) is 6.48. The molecular formula is C25H30ClFN6O3S. The van der Waals surface area contributed by atoms with Crippen LogP contribution in [0.25, 0.3) is 10.9 Å². The minimum atomic E-state index is -1.45. The average molecular weight is 549 g/mol. The fraction of sp³-hybridized carbons (Fsp3) is 0.440. The predicted octanol–water partition coefficient (Wildman–Crippen LogP) is 2.40. The van der Waals surface area contributed by atoms with Crippen LogP contribution in [0.1, 0.15) is 50.1 Å². The van der Waals surface area contributed by atoms with Gasteiger partial charge in [-0.3, -0.25) is 14.4 Å². The summed E-state index contributed by atoms with van der Waals surface area (Å²) in [7, 11) is 3.59.